The van der Waals surface area contributed by atoms with Gasteiger partial charge in [-0.25, -0.2) is 4.79 Å². The highest BCUT2D eigenvalue weighted by Crippen LogP contribution is 2.25. The molecule has 0 aromatic heterocycles. The van der Waals surface area contributed by atoms with Crippen molar-refractivity contribution in [2.24, 2.45) is 0 Å². The number of carbonyl (C=O) groups excluding carboxylic acids is 2. The summed E-state index contributed by atoms with van der Waals surface area (Å²) in [6.07, 6.45) is 0. The minimum atomic E-state index is -0.529. The van der Waals surface area contributed by atoms with Crippen LogP contribution in [0, 0.1) is 0 Å². The summed E-state index contributed by atoms with van der Waals surface area (Å²) in [5.74, 6) is 0.328. The second kappa shape index (κ2) is 10.5. The maximum atomic E-state index is 12.9. The first-order chi connectivity index (χ1) is 15.0. The third-order valence-corrected chi connectivity index (χ3v) is 4.63. The van der Waals surface area contributed by atoms with Crippen molar-refractivity contribution in [3.8, 4) is 11.5 Å². The van der Waals surface area contributed by atoms with Crippen LogP contribution >= 0.6 is 11.6 Å². The van der Waals surface area contributed by atoms with Crippen LogP contribution in [0.15, 0.2) is 66.7 Å². The van der Waals surface area contributed by atoms with Gasteiger partial charge in [-0.1, -0.05) is 29.8 Å². The van der Waals surface area contributed by atoms with Gasteiger partial charge in [0.15, 0.2) is 0 Å². The fraction of sp³-hybridized carbons (Fsp3) is 0.167. The first-order valence-electron chi connectivity index (χ1n) is 9.64. The van der Waals surface area contributed by atoms with Crippen molar-refractivity contribution in [3.63, 3.8) is 0 Å². The lowest BCUT2D eigenvalue weighted by atomic mass is 10.1. The molecule has 0 unspecified atom stereocenters. The van der Waals surface area contributed by atoms with Crippen molar-refractivity contribution in [1.82, 2.24) is 0 Å². The van der Waals surface area contributed by atoms with E-state index >= 15 is 0 Å². The number of halogens is 1. The normalized spacial score (nSPS) is 10.3. The van der Waals surface area contributed by atoms with Crippen molar-refractivity contribution >= 4 is 29.2 Å². The number of carbonyl (C=O) groups is 2. The van der Waals surface area contributed by atoms with Gasteiger partial charge in [-0.05, 0) is 55.5 Å². The molecule has 0 atom stereocenters. The lowest BCUT2D eigenvalue weighted by Gasteiger charge is -2.14. The second-order valence-corrected chi connectivity index (χ2v) is 6.93. The Balaban J connectivity index is 1.82. The van der Waals surface area contributed by atoms with Crippen molar-refractivity contribution in [2.75, 3.05) is 19.0 Å². The fourth-order valence-corrected chi connectivity index (χ4v) is 3.10. The van der Waals surface area contributed by atoms with Crippen molar-refractivity contribution < 1.29 is 23.8 Å². The van der Waals surface area contributed by atoms with Gasteiger partial charge in [0.1, 0.15) is 18.1 Å². The smallest absolute Gasteiger partial charge is 0.339 e. The molecule has 0 fully saturated rings. The van der Waals surface area contributed by atoms with Crippen LogP contribution in [0.1, 0.15) is 33.2 Å². The van der Waals surface area contributed by atoms with Crippen molar-refractivity contribution in [3.05, 3.63) is 88.4 Å². The Bertz CT molecular complexity index is 1080. The monoisotopic (exact) mass is 439 g/mol. The number of ether oxygens (including phenoxy) is 3. The van der Waals surface area contributed by atoms with Gasteiger partial charge in [-0.3, -0.25) is 4.79 Å². The van der Waals surface area contributed by atoms with Gasteiger partial charge in [0.25, 0.3) is 5.91 Å². The number of nitrogens with one attached hydrogen (secondary N) is 1. The number of para-hydroxylation sites is 1. The molecule has 1 amide bonds. The summed E-state index contributed by atoms with van der Waals surface area (Å²) in [5, 5.41) is 3.33. The van der Waals surface area contributed by atoms with Gasteiger partial charge >= 0.3 is 5.97 Å². The Kier molecular flexibility index (Phi) is 7.51. The van der Waals surface area contributed by atoms with E-state index < -0.39 is 5.97 Å². The quantitative estimate of drug-likeness (QED) is 0.478. The summed E-state index contributed by atoms with van der Waals surface area (Å²) in [5.41, 5.74) is 1.74. The first kappa shape index (κ1) is 22.2. The van der Waals surface area contributed by atoms with Gasteiger partial charge < -0.3 is 19.5 Å². The molecule has 0 radical (unpaired) electrons. The van der Waals surface area contributed by atoms with Crippen molar-refractivity contribution in [2.45, 2.75) is 13.5 Å². The summed E-state index contributed by atoms with van der Waals surface area (Å²) in [4.78, 5) is 24.8. The van der Waals surface area contributed by atoms with Crippen LogP contribution in [0.25, 0.3) is 0 Å². The molecule has 1 N–H and O–H groups in total. The van der Waals surface area contributed by atoms with E-state index in [9.17, 15) is 9.59 Å². The number of rotatable bonds is 8. The minimum absolute atomic E-state index is 0.190. The Morgan fingerprint density at radius 1 is 0.968 bits per heavy atom. The molecule has 0 spiro atoms. The first-order valence-corrected chi connectivity index (χ1v) is 10.0. The molecule has 0 aliphatic rings. The van der Waals surface area contributed by atoms with Gasteiger partial charge in [0, 0.05) is 16.1 Å². The summed E-state index contributed by atoms with van der Waals surface area (Å²) < 4.78 is 16.3. The molecule has 31 heavy (non-hydrogen) atoms. The van der Waals surface area contributed by atoms with Crippen LogP contribution in [0.3, 0.4) is 0 Å². The Hall–Kier alpha value is -3.51. The van der Waals surface area contributed by atoms with Gasteiger partial charge in [-0.2, -0.15) is 0 Å². The summed E-state index contributed by atoms with van der Waals surface area (Å²) in [6.45, 7) is 2.55. The van der Waals surface area contributed by atoms with E-state index in [1.807, 2.05) is 6.92 Å². The van der Waals surface area contributed by atoms with Crippen LogP contribution in [-0.4, -0.2) is 25.6 Å². The number of hydrogen-bond acceptors (Lipinski definition) is 5. The largest absolute Gasteiger partial charge is 0.493 e. The van der Waals surface area contributed by atoms with E-state index in [1.54, 1.807) is 66.7 Å². The van der Waals surface area contributed by atoms with E-state index in [-0.39, 0.29) is 18.1 Å². The molecule has 3 rings (SSSR count). The Morgan fingerprint density at radius 2 is 1.77 bits per heavy atom. The van der Waals surface area contributed by atoms with E-state index in [1.165, 1.54) is 7.11 Å². The molecule has 3 aromatic carbocycles. The topological polar surface area (TPSA) is 73.9 Å². The zero-order valence-corrected chi connectivity index (χ0v) is 17.9. The van der Waals surface area contributed by atoms with E-state index in [2.05, 4.69) is 5.32 Å². The molecule has 7 heteroatoms. The zero-order valence-electron chi connectivity index (χ0n) is 17.2. The molecule has 0 saturated carbocycles. The average Bonchev–Trinajstić information content (AvgIpc) is 2.78. The number of methoxy groups -OCH3 is 1. The van der Waals surface area contributed by atoms with E-state index in [0.29, 0.717) is 39.9 Å². The molecule has 0 heterocycles. The predicted octanol–water partition coefficient (Wildman–Crippen LogP) is 5.36. The maximum absolute atomic E-state index is 12.9. The molecular weight excluding hydrogens is 418 g/mol. The summed E-state index contributed by atoms with van der Waals surface area (Å²) in [7, 11) is 1.29. The molecule has 0 saturated heterocycles. The number of anilines is 1. The Morgan fingerprint density at radius 3 is 2.52 bits per heavy atom. The van der Waals surface area contributed by atoms with Crippen LogP contribution in [-0.2, 0) is 11.3 Å². The predicted molar refractivity (Wildman–Crippen MR) is 119 cm³/mol. The maximum Gasteiger partial charge on any atom is 0.339 e. The third kappa shape index (κ3) is 5.77. The van der Waals surface area contributed by atoms with Gasteiger partial charge in [-0.15, -0.1) is 0 Å². The van der Waals surface area contributed by atoms with Gasteiger partial charge in [0.05, 0.1) is 25.0 Å². The number of amides is 1. The molecule has 160 valence electrons. The lowest BCUT2D eigenvalue weighted by molar-refractivity contribution is 0.0602. The lowest BCUT2D eigenvalue weighted by Crippen LogP contribution is -2.16. The second-order valence-electron chi connectivity index (χ2n) is 6.49. The van der Waals surface area contributed by atoms with E-state index in [0.717, 1.165) is 0 Å². The standard InChI is InChI=1S/C24H22ClNO5/c1-3-30-22-12-11-16(13-17(22)15-31-19-8-6-7-18(25)14-19)23(27)26-21-10-5-4-9-20(21)24(28)29-2/h4-14H,3,15H2,1-2H3,(H,26,27). The van der Waals surface area contributed by atoms with Crippen LogP contribution in [0.5, 0.6) is 11.5 Å². The molecule has 0 bridgehead atoms. The van der Waals surface area contributed by atoms with Gasteiger partial charge in [0.2, 0.25) is 0 Å². The molecular formula is C24H22ClNO5. The fourth-order valence-electron chi connectivity index (χ4n) is 2.92. The number of hydrogen-bond donors (Lipinski definition) is 1. The Labute approximate surface area is 185 Å². The highest BCUT2D eigenvalue weighted by Gasteiger charge is 2.16. The van der Waals surface area contributed by atoms with Crippen LogP contribution in [0.4, 0.5) is 5.69 Å². The average molecular weight is 440 g/mol. The highest BCUT2D eigenvalue weighted by atomic mass is 35.5. The number of esters is 1. The van der Waals surface area contributed by atoms with Crippen LogP contribution < -0.4 is 14.8 Å². The van der Waals surface area contributed by atoms with Crippen LogP contribution in [0.2, 0.25) is 5.02 Å². The molecule has 0 aliphatic heterocycles. The minimum Gasteiger partial charge on any atom is -0.493 e. The zero-order chi connectivity index (χ0) is 22.2. The molecule has 6 nitrogen and oxygen atoms in total. The summed E-state index contributed by atoms with van der Waals surface area (Å²) >= 11 is 6.01. The highest BCUT2D eigenvalue weighted by molar-refractivity contribution is 6.30. The third-order valence-electron chi connectivity index (χ3n) is 4.39. The van der Waals surface area contributed by atoms with E-state index in [4.69, 9.17) is 25.8 Å². The SMILES string of the molecule is CCOc1ccc(C(=O)Nc2ccccc2C(=O)OC)cc1COc1cccc(Cl)c1. The molecule has 3 aromatic rings. The van der Waals surface area contributed by atoms with Crippen molar-refractivity contribution in [1.29, 1.82) is 0 Å². The summed E-state index contributed by atoms with van der Waals surface area (Å²) in [6, 6.07) is 18.8. The number of benzene rings is 3. The molecule has 0 aliphatic carbocycles.